The van der Waals surface area contributed by atoms with Gasteiger partial charge in [-0.05, 0) is 49.2 Å². The van der Waals surface area contributed by atoms with Crippen LogP contribution in [0.3, 0.4) is 0 Å². The van der Waals surface area contributed by atoms with E-state index >= 15 is 0 Å². The van der Waals surface area contributed by atoms with E-state index in [2.05, 4.69) is 20.4 Å². The van der Waals surface area contributed by atoms with Gasteiger partial charge in [-0.3, -0.25) is 9.69 Å². The first kappa shape index (κ1) is 20.4. The van der Waals surface area contributed by atoms with Gasteiger partial charge in [0.1, 0.15) is 5.82 Å². The number of fused-ring (bicyclic) bond motifs is 1. The van der Waals surface area contributed by atoms with Crippen molar-refractivity contribution in [2.24, 2.45) is 0 Å². The van der Waals surface area contributed by atoms with Crippen LogP contribution in [0.25, 0.3) is 11.4 Å². The summed E-state index contributed by atoms with van der Waals surface area (Å²) in [5, 5.41) is 6.97. The molecule has 3 heterocycles. The number of halogens is 1. The molecule has 2 aliphatic rings. The molecule has 1 N–H and O–H groups in total. The van der Waals surface area contributed by atoms with Crippen LogP contribution in [0.5, 0.6) is 11.5 Å². The van der Waals surface area contributed by atoms with Crippen molar-refractivity contribution in [3.8, 4) is 22.9 Å². The summed E-state index contributed by atoms with van der Waals surface area (Å²) < 4.78 is 29.6. The molecule has 166 valence electrons. The number of piperidine rings is 1. The van der Waals surface area contributed by atoms with Crippen LogP contribution in [0.15, 0.2) is 47.0 Å². The highest BCUT2D eigenvalue weighted by Gasteiger charge is 2.27. The number of hydrogen-bond acceptors (Lipinski definition) is 7. The van der Waals surface area contributed by atoms with E-state index in [1.807, 2.05) is 18.2 Å². The molecule has 2 aromatic carbocycles. The zero-order valence-electron chi connectivity index (χ0n) is 17.4. The van der Waals surface area contributed by atoms with Crippen molar-refractivity contribution in [3.05, 3.63) is 59.7 Å². The standard InChI is InChI=1S/C23H23FN4O4/c24-18-5-1-3-16(10-18)22-26-23(32-27-22)17-4-2-8-28(12-17)13-21(29)25-11-15-6-7-19-20(9-15)31-14-30-19/h1,3,5-7,9-10,17H,2,4,8,11-14H2,(H,25,29). The van der Waals surface area contributed by atoms with Crippen molar-refractivity contribution in [3.63, 3.8) is 0 Å². The summed E-state index contributed by atoms with van der Waals surface area (Å²) in [6, 6.07) is 11.8. The molecule has 1 saturated heterocycles. The molecule has 1 atom stereocenters. The number of amides is 1. The molecule has 0 spiro atoms. The van der Waals surface area contributed by atoms with Crippen molar-refractivity contribution in [2.75, 3.05) is 26.4 Å². The molecule has 1 amide bonds. The molecule has 1 aromatic heterocycles. The normalized spacial score (nSPS) is 18.0. The monoisotopic (exact) mass is 438 g/mol. The number of nitrogens with one attached hydrogen (secondary N) is 1. The van der Waals surface area contributed by atoms with Gasteiger partial charge in [0.15, 0.2) is 11.5 Å². The van der Waals surface area contributed by atoms with E-state index in [9.17, 15) is 9.18 Å². The van der Waals surface area contributed by atoms with Crippen molar-refractivity contribution >= 4 is 5.91 Å². The lowest BCUT2D eigenvalue weighted by Crippen LogP contribution is -2.41. The Morgan fingerprint density at radius 3 is 3.00 bits per heavy atom. The third-order valence-electron chi connectivity index (χ3n) is 5.67. The number of nitrogens with zero attached hydrogens (tertiary/aromatic N) is 3. The summed E-state index contributed by atoms with van der Waals surface area (Å²) >= 11 is 0. The third kappa shape index (κ3) is 4.57. The van der Waals surface area contributed by atoms with E-state index in [-0.39, 0.29) is 24.4 Å². The van der Waals surface area contributed by atoms with Crippen molar-refractivity contribution in [1.29, 1.82) is 0 Å². The average molecular weight is 438 g/mol. The van der Waals surface area contributed by atoms with Gasteiger partial charge in [-0.15, -0.1) is 0 Å². The zero-order valence-corrected chi connectivity index (χ0v) is 17.4. The second-order valence-corrected chi connectivity index (χ2v) is 8.01. The fraction of sp³-hybridized carbons (Fsp3) is 0.348. The van der Waals surface area contributed by atoms with Gasteiger partial charge in [0.05, 0.1) is 12.5 Å². The summed E-state index contributed by atoms with van der Waals surface area (Å²) in [6.45, 7) is 2.44. The van der Waals surface area contributed by atoms with Gasteiger partial charge in [0.2, 0.25) is 24.4 Å². The van der Waals surface area contributed by atoms with E-state index in [4.69, 9.17) is 14.0 Å². The highest BCUT2D eigenvalue weighted by Crippen LogP contribution is 2.32. The van der Waals surface area contributed by atoms with Gasteiger partial charge in [0, 0.05) is 18.7 Å². The fourth-order valence-electron chi connectivity index (χ4n) is 4.06. The van der Waals surface area contributed by atoms with Crippen molar-refractivity contribution in [2.45, 2.75) is 25.3 Å². The van der Waals surface area contributed by atoms with Gasteiger partial charge in [0.25, 0.3) is 0 Å². The van der Waals surface area contributed by atoms with Gasteiger partial charge in [-0.25, -0.2) is 4.39 Å². The molecule has 32 heavy (non-hydrogen) atoms. The predicted octanol–water partition coefficient (Wildman–Crippen LogP) is 3.10. The van der Waals surface area contributed by atoms with Crippen LogP contribution in [-0.2, 0) is 11.3 Å². The number of carbonyl (C=O) groups is 1. The first-order valence-corrected chi connectivity index (χ1v) is 10.6. The summed E-state index contributed by atoms with van der Waals surface area (Å²) in [5.74, 6) is 1.97. The van der Waals surface area contributed by atoms with Crippen LogP contribution < -0.4 is 14.8 Å². The number of benzene rings is 2. The lowest BCUT2D eigenvalue weighted by molar-refractivity contribution is -0.122. The molecule has 0 aliphatic carbocycles. The van der Waals surface area contributed by atoms with Crippen LogP contribution in [0, 0.1) is 5.82 Å². The van der Waals surface area contributed by atoms with Crippen molar-refractivity contribution in [1.82, 2.24) is 20.4 Å². The highest BCUT2D eigenvalue weighted by molar-refractivity contribution is 5.78. The summed E-state index contributed by atoms with van der Waals surface area (Å²) in [5.41, 5.74) is 1.53. The number of hydrogen-bond donors (Lipinski definition) is 1. The third-order valence-corrected chi connectivity index (χ3v) is 5.67. The molecule has 2 aliphatic heterocycles. The summed E-state index contributed by atoms with van der Waals surface area (Å²) in [7, 11) is 0. The number of ether oxygens (including phenoxy) is 2. The number of aromatic nitrogens is 2. The lowest BCUT2D eigenvalue weighted by atomic mass is 9.98. The maximum absolute atomic E-state index is 13.5. The quantitative estimate of drug-likeness (QED) is 0.633. The van der Waals surface area contributed by atoms with E-state index < -0.39 is 0 Å². The molecular formula is C23H23FN4O4. The van der Waals surface area contributed by atoms with Crippen LogP contribution in [-0.4, -0.2) is 47.4 Å². The molecule has 0 bridgehead atoms. The minimum Gasteiger partial charge on any atom is -0.454 e. The maximum Gasteiger partial charge on any atom is 0.234 e. The Kier molecular flexibility index (Phi) is 5.72. The van der Waals surface area contributed by atoms with Gasteiger partial charge in [-0.1, -0.05) is 23.4 Å². The zero-order chi connectivity index (χ0) is 21.9. The molecular weight excluding hydrogens is 415 g/mol. The number of carbonyl (C=O) groups excluding carboxylic acids is 1. The highest BCUT2D eigenvalue weighted by atomic mass is 19.1. The second-order valence-electron chi connectivity index (χ2n) is 8.01. The van der Waals surface area contributed by atoms with Gasteiger partial charge < -0.3 is 19.3 Å². The Morgan fingerprint density at radius 2 is 2.09 bits per heavy atom. The predicted molar refractivity (Wildman–Crippen MR) is 113 cm³/mol. The Hall–Kier alpha value is -3.46. The fourth-order valence-corrected chi connectivity index (χ4v) is 4.06. The number of rotatable bonds is 6. The lowest BCUT2D eigenvalue weighted by Gasteiger charge is -2.30. The molecule has 0 radical (unpaired) electrons. The summed E-state index contributed by atoms with van der Waals surface area (Å²) in [4.78, 5) is 19.0. The van der Waals surface area contributed by atoms with E-state index in [0.717, 1.165) is 30.7 Å². The van der Waals surface area contributed by atoms with E-state index in [1.165, 1.54) is 12.1 Å². The van der Waals surface area contributed by atoms with Gasteiger partial charge >= 0.3 is 0 Å². The van der Waals surface area contributed by atoms with E-state index in [1.54, 1.807) is 12.1 Å². The van der Waals surface area contributed by atoms with Crippen LogP contribution in [0.1, 0.15) is 30.2 Å². The van der Waals surface area contributed by atoms with Crippen molar-refractivity contribution < 1.29 is 23.2 Å². The smallest absolute Gasteiger partial charge is 0.234 e. The Bertz CT molecular complexity index is 1120. The molecule has 0 saturated carbocycles. The van der Waals surface area contributed by atoms with Gasteiger partial charge in [-0.2, -0.15) is 4.98 Å². The average Bonchev–Trinajstić information content (AvgIpc) is 3.47. The second kappa shape index (κ2) is 8.96. The molecule has 1 unspecified atom stereocenters. The van der Waals surface area contributed by atoms with Crippen LogP contribution in [0.4, 0.5) is 4.39 Å². The first-order valence-electron chi connectivity index (χ1n) is 10.6. The summed E-state index contributed by atoms with van der Waals surface area (Å²) in [6.07, 6.45) is 1.83. The molecule has 9 heteroatoms. The minimum absolute atomic E-state index is 0.0419. The maximum atomic E-state index is 13.5. The molecule has 5 rings (SSSR count). The van der Waals surface area contributed by atoms with E-state index in [0.29, 0.717) is 42.7 Å². The minimum atomic E-state index is -0.343. The first-order chi connectivity index (χ1) is 15.6. The van der Waals surface area contributed by atoms with Crippen LogP contribution >= 0.6 is 0 Å². The number of likely N-dealkylation sites (tertiary alicyclic amines) is 1. The topological polar surface area (TPSA) is 89.7 Å². The SMILES string of the molecule is O=C(CN1CCCC(c2nc(-c3cccc(F)c3)no2)C1)NCc1ccc2c(c1)OCO2. The Labute approximate surface area is 184 Å². The molecule has 1 fully saturated rings. The Balaban J connectivity index is 1.15. The molecule has 8 nitrogen and oxygen atoms in total. The Morgan fingerprint density at radius 1 is 1.19 bits per heavy atom. The van der Waals surface area contributed by atoms with Crippen LogP contribution in [0.2, 0.25) is 0 Å². The molecule has 3 aromatic rings. The largest absolute Gasteiger partial charge is 0.454 e.